The molecule has 1 aliphatic heterocycles. The molecule has 144 valence electrons. The van der Waals surface area contributed by atoms with E-state index in [0.717, 1.165) is 6.42 Å². The van der Waals surface area contributed by atoms with E-state index in [-0.39, 0.29) is 17.8 Å². The van der Waals surface area contributed by atoms with Crippen LogP contribution >= 0.6 is 0 Å². The summed E-state index contributed by atoms with van der Waals surface area (Å²) in [6, 6.07) is 4.89. The Morgan fingerprint density at radius 2 is 2.04 bits per heavy atom. The number of hydrogen-bond acceptors (Lipinski definition) is 5. The highest BCUT2D eigenvalue weighted by atomic mass is 16.5. The van der Waals surface area contributed by atoms with Gasteiger partial charge in [0.15, 0.2) is 0 Å². The highest BCUT2D eigenvalue weighted by molar-refractivity contribution is 5.97. The van der Waals surface area contributed by atoms with Gasteiger partial charge in [0, 0.05) is 25.2 Å². The zero-order chi connectivity index (χ0) is 19.6. The predicted octanol–water partition coefficient (Wildman–Crippen LogP) is 1.12. The molecule has 8 heteroatoms. The van der Waals surface area contributed by atoms with Crippen molar-refractivity contribution in [2.24, 2.45) is 5.92 Å². The summed E-state index contributed by atoms with van der Waals surface area (Å²) in [6.07, 6.45) is 1.44. The topological polar surface area (TPSA) is 101 Å². The van der Waals surface area contributed by atoms with E-state index in [0.29, 0.717) is 49.3 Å². The SMILES string of the molecule is CCOC(=O)[C@H]1CCCN(C(=O)c2ccc3c(c2)[nH]c(=O)c(=O)n3CC)C1. The van der Waals surface area contributed by atoms with Crippen LogP contribution < -0.4 is 11.1 Å². The molecule has 1 N–H and O–H groups in total. The largest absolute Gasteiger partial charge is 0.466 e. The molecule has 27 heavy (non-hydrogen) atoms. The molecule has 1 amide bonds. The molecule has 0 unspecified atom stereocenters. The molecular formula is C19H23N3O5. The maximum absolute atomic E-state index is 12.9. The van der Waals surface area contributed by atoms with Crippen molar-refractivity contribution in [1.82, 2.24) is 14.5 Å². The van der Waals surface area contributed by atoms with Crippen LogP contribution in [-0.4, -0.2) is 46.0 Å². The van der Waals surface area contributed by atoms with Crippen LogP contribution in [0.15, 0.2) is 27.8 Å². The number of piperidine rings is 1. The van der Waals surface area contributed by atoms with E-state index in [4.69, 9.17) is 4.74 Å². The molecular weight excluding hydrogens is 350 g/mol. The van der Waals surface area contributed by atoms with Crippen LogP contribution in [0.3, 0.4) is 0 Å². The Kier molecular flexibility index (Phi) is 5.43. The van der Waals surface area contributed by atoms with Gasteiger partial charge in [0.05, 0.1) is 23.6 Å². The first-order valence-electron chi connectivity index (χ1n) is 9.19. The van der Waals surface area contributed by atoms with Gasteiger partial charge in [-0.15, -0.1) is 0 Å². The molecule has 1 aliphatic rings. The van der Waals surface area contributed by atoms with Crippen LogP contribution in [-0.2, 0) is 16.1 Å². The molecule has 0 spiro atoms. The third-order valence-corrected chi connectivity index (χ3v) is 4.87. The monoisotopic (exact) mass is 373 g/mol. The van der Waals surface area contributed by atoms with Gasteiger partial charge in [-0.1, -0.05) is 0 Å². The Labute approximate surface area is 155 Å². The number of carbonyl (C=O) groups excluding carboxylic acids is 2. The number of H-pyrrole nitrogens is 1. The molecule has 0 aliphatic carbocycles. The van der Waals surface area contributed by atoms with E-state index in [9.17, 15) is 19.2 Å². The Morgan fingerprint density at radius 3 is 2.74 bits per heavy atom. The summed E-state index contributed by atoms with van der Waals surface area (Å²) in [5, 5.41) is 0. The first-order valence-corrected chi connectivity index (χ1v) is 9.19. The van der Waals surface area contributed by atoms with Crippen molar-refractivity contribution >= 4 is 22.9 Å². The maximum atomic E-state index is 12.9. The summed E-state index contributed by atoms with van der Waals surface area (Å²) in [5.41, 5.74) is 0.0867. The molecule has 1 saturated heterocycles. The highest BCUT2D eigenvalue weighted by Crippen LogP contribution is 2.21. The summed E-state index contributed by atoms with van der Waals surface area (Å²) in [7, 11) is 0. The maximum Gasteiger partial charge on any atom is 0.316 e. The van der Waals surface area contributed by atoms with Crippen molar-refractivity contribution in [3.8, 4) is 0 Å². The quantitative estimate of drug-likeness (QED) is 0.639. The highest BCUT2D eigenvalue weighted by Gasteiger charge is 2.30. The summed E-state index contributed by atoms with van der Waals surface area (Å²) >= 11 is 0. The van der Waals surface area contributed by atoms with E-state index >= 15 is 0 Å². The number of nitrogens with one attached hydrogen (secondary N) is 1. The summed E-state index contributed by atoms with van der Waals surface area (Å²) in [6.45, 7) is 5.11. The molecule has 2 heterocycles. The van der Waals surface area contributed by atoms with Crippen molar-refractivity contribution in [3.05, 3.63) is 44.5 Å². The van der Waals surface area contributed by atoms with Crippen LogP contribution in [0.5, 0.6) is 0 Å². The average molecular weight is 373 g/mol. The molecule has 3 rings (SSSR count). The standard InChI is InChI=1S/C19H23N3O5/c1-3-22-15-8-7-12(10-14(15)20-16(23)18(22)25)17(24)21-9-5-6-13(11-21)19(26)27-4-2/h7-8,10,13H,3-6,9,11H2,1-2H3,(H,20,23)/t13-/m0/s1. The Balaban J connectivity index is 1.89. The van der Waals surface area contributed by atoms with E-state index in [2.05, 4.69) is 4.98 Å². The van der Waals surface area contributed by atoms with Crippen LogP contribution in [0.1, 0.15) is 37.0 Å². The lowest BCUT2D eigenvalue weighted by Crippen LogP contribution is -2.42. The molecule has 1 aromatic heterocycles. The number of amides is 1. The minimum Gasteiger partial charge on any atom is -0.466 e. The number of carbonyl (C=O) groups is 2. The minimum atomic E-state index is -0.714. The van der Waals surface area contributed by atoms with Gasteiger partial charge in [-0.05, 0) is 44.9 Å². The number of fused-ring (bicyclic) bond motifs is 1. The average Bonchev–Trinajstić information content (AvgIpc) is 2.68. The minimum absolute atomic E-state index is 0.207. The fourth-order valence-electron chi connectivity index (χ4n) is 3.52. The van der Waals surface area contributed by atoms with E-state index < -0.39 is 11.1 Å². The predicted molar refractivity (Wildman–Crippen MR) is 99.8 cm³/mol. The smallest absolute Gasteiger partial charge is 0.316 e. The van der Waals surface area contributed by atoms with Crippen molar-refractivity contribution in [1.29, 1.82) is 0 Å². The molecule has 1 atom stereocenters. The first kappa shape index (κ1) is 18.9. The second-order valence-corrected chi connectivity index (χ2v) is 6.58. The number of nitrogens with zero attached hydrogens (tertiary/aromatic N) is 2. The van der Waals surface area contributed by atoms with Gasteiger partial charge in [-0.25, -0.2) is 0 Å². The molecule has 8 nitrogen and oxygen atoms in total. The summed E-state index contributed by atoms with van der Waals surface area (Å²) in [5.74, 6) is -0.793. The number of aromatic nitrogens is 2. The lowest BCUT2D eigenvalue weighted by atomic mass is 9.97. The third kappa shape index (κ3) is 3.65. The lowest BCUT2D eigenvalue weighted by Gasteiger charge is -2.31. The van der Waals surface area contributed by atoms with Crippen LogP contribution in [0.25, 0.3) is 11.0 Å². The number of rotatable bonds is 4. The summed E-state index contributed by atoms with van der Waals surface area (Å²) in [4.78, 5) is 52.8. The van der Waals surface area contributed by atoms with Crippen LogP contribution in [0.2, 0.25) is 0 Å². The van der Waals surface area contributed by atoms with E-state index in [1.807, 2.05) is 0 Å². The van der Waals surface area contributed by atoms with Crippen molar-refractivity contribution in [3.63, 3.8) is 0 Å². The lowest BCUT2D eigenvalue weighted by molar-refractivity contribution is -0.149. The number of ether oxygens (including phenoxy) is 1. The summed E-state index contributed by atoms with van der Waals surface area (Å²) < 4.78 is 6.45. The van der Waals surface area contributed by atoms with Gasteiger partial charge in [0.2, 0.25) is 0 Å². The molecule has 1 fully saturated rings. The second kappa shape index (κ2) is 7.77. The van der Waals surface area contributed by atoms with Crippen molar-refractivity contribution in [2.45, 2.75) is 33.2 Å². The molecule has 2 aromatic rings. The van der Waals surface area contributed by atoms with Gasteiger partial charge in [0.25, 0.3) is 5.91 Å². The molecule has 1 aromatic carbocycles. The number of aromatic amines is 1. The second-order valence-electron chi connectivity index (χ2n) is 6.58. The Morgan fingerprint density at radius 1 is 1.26 bits per heavy atom. The fourth-order valence-corrected chi connectivity index (χ4v) is 3.52. The normalized spacial score (nSPS) is 17.1. The van der Waals surface area contributed by atoms with Crippen molar-refractivity contribution in [2.75, 3.05) is 19.7 Å². The zero-order valence-electron chi connectivity index (χ0n) is 15.5. The fraction of sp³-hybridized carbons (Fsp3) is 0.474. The van der Waals surface area contributed by atoms with E-state index in [1.54, 1.807) is 36.9 Å². The number of likely N-dealkylation sites (tertiary alicyclic amines) is 1. The number of hydrogen-bond donors (Lipinski definition) is 1. The van der Waals surface area contributed by atoms with Crippen LogP contribution in [0, 0.1) is 5.92 Å². The Hall–Kier alpha value is -2.90. The number of esters is 1. The molecule has 0 radical (unpaired) electrons. The Bertz CT molecular complexity index is 991. The molecule has 0 saturated carbocycles. The third-order valence-electron chi connectivity index (χ3n) is 4.87. The number of benzene rings is 1. The number of aryl methyl sites for hydroxylation is 1. The first-order chi connectivity index (χ1) is 13.0. The zero-order valence-corrected chi connectivity index (χ0v) is 15.5. The van der Waals surface area contributed by atoms with Gasteiger partial charge in [-0.2, -0.15) is 0 Å². The molecule has 0 bridgehead atoms. The van der Waals surface area contributed by atoms with E-state index in [1.165, 1.54) is 4.57 Å². The van der Waals surface area contributed by atoms with Gasteiger partial charge < -0.3 is 19.2 Å². The van der Waals surface area contributed by atoms with Gasteiger partial charge >= 0.3 is 17.1 Å². The van der Waals surface area contributed by atoms with Crippen molar-refractivity contribution < 1.29 is 14.3 Å². The van der Waals surface area contributed by atoms with Crippen LogP contribution in [0.4, 0.5) is 0 Å². The van der Waals surface area contributed by atoms with Gasteiger partial charge in [0.1, 0.15) is 0 Å². The van der Waals surface area contributed by atoms with Gasteiger partial charge in [-0.3, -0.25) is 19.2 Å².